The molecule has 0 radical (unpaired) electrons. The summed E-state index contributed by atoms with van der Waals surface area (Å²) in [6, 6.07) is 4.92. The number of carbonyl (C=O) groups is 1. The summed E-state index contributed by atoms with van der Waals surface area (Å²) in [5, 5.41) is 9.29. The molecular formula is C15H22N2O4S. The van der Waals surface area contributed by atoms with Gasteiger partial charge >= 0.3 is 0 Å². The number of nitrogens with zero attached hydrogens (tertiary/aromatic N) is 2. The van der Waals surface area contributed by atoms with Gasteiger partial charge in [0.2, 0.25) is 15.9 Å². The maximum Gasteiger partial charge on any atom is 0.242 e. The molecule has 1 aliphatic rings. The molecule has 22 heavy (non-hydrogen) atoms. The Morgan fingerprint density at radius 3 is 2.73 bits per heavy atom. The molecule has 1 aliphatic heterocycles. The van der Waals surface area contributed by atoms with Crippen molar-refractivity contribution in [1.29, 1.82) is 0 Å². The summed E-state index contributed by atoms with van der Waals surface area (Å²) in [6.45, 7) is 3.94. The number of aliphatic hydroxyl groups excluding tert-OH is 1. The van der Waals surface area contributed by atoms with E-state index in [0.717, 1.165) is 12.0 Å². The van der Waals surface area contributed by atoms with Gasteiger partial charge in [-0.15, -0.1) is 0 Å². The second-order valence-corrected chi connectivity index (χ2v) is 7.72. The van der Waals surface area contributed by atoms with Gasteiger partial charge in [-0.3, -0.25) is 4.79 Å². The quantitative estimate of drug-likeness (QED) is 0.875. The van der Waals surface area contributed by atoms with Crippen molar-refractivity contribution >= 4 is 21.6 Å². The van der Waals surface area contributed by atoms with Crippen LogP contribution in [0.15, 0.2) is 23.1 Å². The molecule has 7 heteroatoms. The van der Waals surface area contributed by atoms with Crippen molar-refractivity contribution in [2.45, 2.75) is 37.7 Å². The number of fused-ring (bicyclic) bond motifs is 1. The highest BCUT2D eigenvalue weighted by Gasteiger charge is 2.27. The Balaban J connectivity index is 2.29. The molecule has 0 bridgehead atoms. The van der Waals surface area contributed by atoms with Crippen molar-refractivity contribution < 1.29 is 18.3 Å². The predicted octanol–water partition coefficient (Wildman–Crippen LogP) is 0.987. The van der Waals surface area contributed by atoms with Crippen LogP contribution in [0, 0.1) is 0 Å². The van der Waals surface area contributed by atoms with Crippen LogP contribution >= 0.6 is 0 Å². The van der Waals surface area contributed by atoms with Crippen LogP contribution < -0.4 is 4.90 Å². The summed E-state index contributed by atoms with van der Waals surface area (Å²) in [5.74, 6) is -0.0873. The fourth-order valence-corrected chi connectivity index (χ4v) is 3.72. The average molecular weight is 326 g/mol. The highest BCUT2D eigenvalue weighted by atomic mass is 32.2. The number of aliphatic hydroxyl groups is 1. The van der Waals surface area contributed by atoms with Crippen LogP contribution in [0.4, 0.5) is 5.69 Å². The van der Waals surface area contributed by atoms with E-state index in [1.807, 2.05) is 0 Å². The molecule has 122 valence electrons. The number of amides is 1. The summed E-state index contributed by atoms with van der Waals surface area (Å²) < 4.78 is 26.4. The standard InChI is InChI=1S/C15H22N2O4S/c1-11(18)6-8-16(3)22(20,21)14-5-4-13-7-9-17(12(2)19)15(13)10-14/h4-5,10-11,18H,6-9H2,1-3H3. The number of benzene rings is 1. The van der Waals surface area contributed by atoms with Gasteiger partial charge in [0.15, 0.2) is 0 Å². The fraction of sp³-hybridized carbons (Fsp3) is 0.533. The monoisotopic (exact) mass is 326 g/mol. The van der Waals surface area contributed by atoms with Gasteiger partial charge in [0.25, 0.3) is 0 Å². The Hall–Kier alpha value is -1.44. The van der Waals surface area contributed by atoms with Gasteiger partial charge in [-0.1, -0.05) is 6.07 Å². The van der Waals surface area contributed by atoms with Crippen LogP contribution in [-0.4, -0.2) is 50.0 Å². The summed E-state index contributed by atoms with van der Waals surface area (Å²) in [6.07, 6.45) is 0.568. The van der Waals surface area contributed by atoms with Gasteiger partial charge in [0.05, 0.1) is 11.0 Å². The third-order valence-corrected chi connectivity index (χ3v) is 5.76. The lowest BCUT2D eigenvalue weighted by atomic mass is 10.2. The Kier molecular flexibility index (Phi) is 4.89. The fourth-order valence-electron chi connectivity index (χ4n) is 2.52. The third kappa shape index (κ3) is 3.31. The SMILES string of the molecule is CC(=O)N1CCc2ccc(S(=O)(=O)N(C)CCC(C)O)cc21. The van der Waals surface area contributed by atoms with E-state index in [4.69, 9.17) is 0 Å². The van der Waals surface area contributed by atoms with E-state index in [0.29, 0.717) is 18.7 Å². The molecule has 1 N–H and O–H groups in total. The normalized spacial score (nSPS) is 16.0. The number of hydrogen-bond acceptors (Lipinski definition) is 4. The van der Waals surface area contributed by atoms with Crippen molar-refractivity contribution in [1.82, 2.24) is 4.31 Å². The van der Waals surface area contributed by atoms with E-state index in [9.17, 15) is 18.3 Å². The van der Waals surface area contributed by atoms with Crippen LogP contribution in [0.25, 0.3) is 0 Å². The zero-order chi connectivity index (χ0) is 16.5. The number of sulfonamides is 1. The molecule has 0 aromatic heterocycles. The topological polar surface area (TPSA) is 77.9 Å². The predicted molar refractivity (Wildman–Crippen MR) is 84.3 cm³/mol. The van der Waals surface area contributed by atoms with Gasteiger partial charge < -0.3 is 10.0 Å². The van der Waals surface area contributed by atoms with Crippen LogP contribution in [0.3, 0.4) is 0 Å². The summed E-state index contributed by atoms with van der Waals surface area (Å²) in [4.78, 5) is 13.4. The van der Waals surface area contributed by atoms with Crippen LogP contribution in [-0.2, 0) is 21.2 Å². The van der Waals surface area contributed by atoms with Crippen molar-refractivity contribution in [3.63, 3.8) is 0 Å². The first-order chi connectivity index (χ1) is 10.2. The minimum absolute atomic E-state index is 0.0873. The summed E-state index contributed by atoms with van der Waals surface area (Å²) in [7, 11) is -2.13. The van der Waals surface area contributed by atoms with Crippen molar-refractivity contribution in [2.24, 2.45) is 0 Å². The first kappa shape index (κ1) is 16.9. The summed E-state index contributed by atoms with van der Waals surface area (Å²) >= 11 is 0. The first-order valence-corrected chi connectivity index (χ1v) is 8.73. The molecule has 0 saturated heterocycles. The lowest BCUT2D eigenvalue weighted by Crippen LogP contribution is -2.30. The molecule has 0 spiro atoms. The molecule has 1 atom stereocenters. The number of carbonyl (C=O) groups excluding carboxylic acids is 1. The van der Waals surface area contributed by atoms with Gasteiger partial charge in [0.1, 0.15) is 0 Å². The molecule has 1 amide bonds. The van der Waals surface area contributed by atoms with E-state index >= 15 is 0 Å². The molecule has 1 aromatic rings. The lowest BCUT2D eigenvalue weighted by Gasteiger charge is -2.20. The largest absolute Gasteiger partial charge is 0.393 e. The second-order valence-electron chi connectivity index (χ2n) is 5.68. The maximum absolute atomic E-state index is 12.6. The molecule has 1 aromatic carbocycles. The van der Waals surface area contributed by atoms with E-state index in [1.165, 1.54) is 18.3 Å². The van der Waals surface area contributed by atoms with Gasteiger partial charge in [0, 0.05) is 32.7 Å². The van der Waals surface area contributed by atoms with E-state index < -0.39 is 16.1 Å². The van der Waals surface area contributed by atoms with E-state index in [2.05, 4.69) is 0 Å². The van der Waals surface area contributed by atoms with Crippen molar-refractivity contribution in [3.8, 4) is 0 Å². The molecule has 0 aliphatic carbocycles. The Labute approximate surface area is 131 Å². The molecular weight excluding hydrogens is 304 g/mol. The minimum atomic E-state index is -3.62. The molecule has 2 rings (SSSR count). The van der Waals surface area contributed by atoms with Crippen LogP contribution in [0.5, 0.6) is 0 Å². The van der Waals surface area contributed by atoms with Gasteiger partial charge in [-0.25, -0.2) is 12.7 Å². The zero-order valence-corrected chi connectivity index (χ0v) is 13.9. The average Bonchev–Trinajstić information content (AvgIpc) is 2.87. The zero-order valence-electron chi connectivity index (χ0n) is 13.1. The van der Waals surface area contributed by atoms with Crippen LogP contribution in [0.2, 0.25) is 0 Å². The van der Waals surface area contributed by atoms with Gasteiger partial charge in [-0.05, 0) is 37.5 Å². The maximum atomic E-state index is 12.6. The second kappa shape index (κ2) is 6.36. The highest BCUT2D eigenvalue weighted by molar-refractivity contribution is 7.89. The molecule has 1 unspecified atom stereocenters. The minimum Gasteiger partial charge on any atom is -0.393 e. The Bertz CT molecular complexity index is 670. The molecule has 0 fully saturated rings. The van der Waals surface area contributed by atoms with E-state index in [1.54, 1.807) is 30.0 Å². The number of anilines is 1. The van der Waals surface area contributed by atoms with E-state index in [-0.39, 0.29) is 17.3 Å². The molecule has 1 heterocycles. The van der Waals surface area contributed by atoms with Crippen molar-refractivity contribution in [2.75, 3.05) is 25.0 Å². The lowest BCUT2D eigenvalue weighted by molar-refractivity contribution is -0.116. The van der Waals surface area contributed by atoms with Gasteiger partial charge in [-0.2, -0.15) is 0 Å². The smallest absolute Gasteiger partial charge is 0.242 e. The van der Waals surface area contributed by atoms with Crippen LogP contribution in [0.1, 0.15) is 25.8 Å². The summed E-state index contributed by atoms with van der Waals surface area (Å²) in [5.41, 5.74) is 1.67. The highest BCUT2D eigenvalue weighted by Crippen LogP contribution is 2.31. The third-order valence-electron chi connectivity index (χ3n) is 3.90. The number of rotatable bonds is 5. The molecule has 6 nitrogen and oxygen atoms in total. The molecule has 0 saturated carbocycles. The number of hydrogen-bond donors (Lipinski definition) is 1. The first-order valence-electron chi connectivity index (χ1n) is 7.29. The Morgan fingerprint density at radius 2 is 2.14 bits per heavy atom. The Morgan fingerprint density at radius 1 is 1.45 bits per heavy atom. The van der Waals surface area contributed by atoms with Crippen molar-refractivity contribution in [3.05, 3.63) is 23.8 Å².